The smallest absolute Gasteiger partial charge is 0.330 e. The van der Waals surface area contributed by atoms with Crippen molar-refractivity contribution in [2.75, 3.05) is 26.4 Å². The molecule has 0 aromatic carbocycles. The van der Waals surface area contributed by atoms with E-state index in [1.165, 1.54) is 12.2 Å². The number of aliphatic hydroxyl groups excluding tert-OH is 2. The highest BCUT2D eigenvalue weighted by Gasteiger charge is 2.29. The minimum Gasteiger partial charge on any atom is -0.460 e. The maximum Gasteiger partial charge on any atom is 0.330 e. The molecular weight excluding hydrogens is 260 g/mol. The molecule has 0 aliphatic carbocycles. The van der Waals surface area contributed by atoms with E-state index < -0.39 is 24.7 Å². The summed E-state index contributed by atoms with van der Waals surface area (Å²) < 4.78 is 14.6. The molecule has 1 aliphatic heterocycles. The number of carbonyl (C=O) groups is 1. The fourth-order valence-corrected chi connectivity index (χ4v) is 1.22. The van der Waals surface area contributed by atoms with Crippen molar-refractivity contribution in [2.45, 2.75) is 25.6 Å². The zero-order valence-electron chi connectivity index (χ0n) is 10.6. The zero-order chi connectivity index (χ0) is 14.1. The highest BCUT2D eigenvalue weighted by molar-refractivity contribution is 5.81. The molecule has 1 saturated heterocycles. The first kappa shape index (κ1) is 16.0. The van der Waals surface area contributed by atoms with Gasteiger partial charge in [-0.05, 0) is 13.0 Å². The number of hydrogen-bond donors (Lipinski definition) is 2. The lowest BCUT2D eigenvalue weighted by atomic mass is 10.3. The average Bonchev–Trinajstić information content (AvgIpc) is 2.40. The van der Waals surface area contributed by atoms with Crippen LogP contribution in [0, 0.1) is 0 Å². The third-order valence-corrected chi connectivity index (χ3v) is 2.06. The minimum absolute atomic E-state index is 0.0304. The molecule has 0 saturated carbocycles. The average molecular weight is 278 g/mol. The van der Waals surface area contributed by atoms with Gasteiger partial charge in [0.2, 0.25) is 12.6 Å². The van der Waals surface area contributed by atoms with E-state index in [2.05, 4.69) is 9.78 Å². The molecule has 8 nitrogen and oxygen atoms in total. The molecule has 1 aliphatic rings. The van der Waals surface area contributed by atoms with Gasteiger partial charge in [-0.3, -0.25) is 0 Å². The van der Waals surface area contributed by atoms with Crippen LogP contribution in [0.2, 0.25) is 0 Å². The molecule has 1 fully saturated rings. The Kier molecular flexibility index (Phi) is 7.56. The van der Waals surface area contributed by atoms with Gasteiger partial charge >= 0.3 is 5.97 Å². The Morgan fingerprint density at radius 1 is 1.37 bits per heavy atom. The first-order valence-corrected chi connectivity index (χ1v) is 5.84. The van der Waals surface area contributed by atoms with Crippen molar-refractivity contribution in [1.29, 1.82) is 0 Å². The Morgan fingerprint density at radius 2 is 2.16 bits per heavy atom. The van der Waals surface area contributed by atoms with Crippen LogP contribution in [-0.2, 0) is 28.8 Å². The molecule has 0 radical (unpaired) electrons. The monoisotopic (exact) mass is 278 g/mol. The Hall–Kier alpha value is -1.03. The van der Waals surface area contributed by atoms with E-state index in [4.69, 9.17) is 24.4 Å². The quantitative estimate of drug-likeness (QED) is 0.203. The number of esters is 1. The Morgan fingerprint density at radius 3 is 2.84 bits per heavy atom. The second-order valence-electron chi connectivity index (χ2n) is 3.60. The molecule has 3 atom stereocenters. The highest BCUT2D eigenvalue weighted by atomic mass is 17.2. The zero-order valence-corrected chi connectivity index (χ0v) is 10.6. The number of rotatable bonds is 7. The maximum absolute atomic E-state index is 11.3. The van der Waals surface area contributed by atoms with Crippen LogP contribution >= 0.6 is 0 Å². The molecule has 0 bridgehead atoms. The van der Waals surface area contributed by atoms with Gasteiger partial charge in [0.25, 0.3) is 0 Å². The molecule has 2 N–H and O–H groups in total. The predicted molar refractivity (Wildman–Crippen MR) is 60.5 cm³/mol. The highest BCUT2D eigenvalue weighted by Crippen LogP contribution is 2.11. The van der Waals surface area contributed by atoms with E-state index >= 15 is 0 Å². The molecule has 0 amide bonds. The molecule has 0 spiro atoms. The summed E-state index contributed by atoms with van der Waals surface area (Å²) in [5.74, 6) is -0.579. The molecule has 1 heterocycles. The van der Waals surface area contributed by atoms with Crippen molar-refractivity contribution in [3.05, 3.63) is 12.2 Å². The molecule has 110 valence electrons. The summed E-state index contributed by atoms with van der Waals surface area (Å²) in [5.41, 5.74) is 0. The van der Waals surface area contributed by atoms with Crippen LogP contribution < -0.4 is 0 Å². The van der Waals surface area contributed by atoms with Gasteiger partial charge in [-0.2, -0.15) is 0 Å². The van der Waals surface area contributed by atoms with Crippen LogP contribution in [0.5, 0.6) is 0 Å². The van der Waals surface area contributed by atoms with Crippen molar-refractivity contribution in [3.8, 4) is 0 Å². The molecule has 0 aromatic rings. The summed E-state index contributed by atoms with van der Waals surface area (Å²) in [6.45, 7) is 2.28. The molecule has 19 heavy (non-hydrogen) atoms. The van der Waals surface area contributed by atoms with E-state index in [0.717, 1.165) is 0 Å². The summed E-state index contributed by atoms with van der Waals surface area (Å²) in [7, 11) is 0. The Bertz CT molecular complexity index is 292. The van der Waals surface area contributed by atoms with Crippen LogP contribution in [0.1, 0.15) is 6.92 Å². The molecule has 0 aromatic heterocycles. The first-order chi connectivity index (χ1) is 9.13. The van der Waals surface area contributed by atoms with Crippen LogP contribution in [0.3, 0.4) is 0 Å². The fourth-order valence-electron chi connectivity index (χ4n) is 1.22. The van der Waals surface area contributed by atoms with Crippen molar-refractivity contribution in [1.82, 2.24) is 0 Å². The van der Waals surface area contributed by atoms with Crippen LogP contribution in [-0.4, -0.2) is 61.3 Å². The number of carbonyl (C=O) groups excluding carboxylic acids is 1. The summed E-state index contributed by atoms with van der Waals surface area (Å²) in [5, 5.41) is 18.2. The van der Waals surface area contributed by atoms with Crippen LogP contribution in [0.4, 0.5) is 0 Å². The largest absolute Gasteiger partial charge is 0.460 e. The van der Waals surface area contributed by atoms with Crippen molar-refractivity contribution in [2.24, 2.45) is 0 Å². The first-order valence-electron chi connectivity index (χ1n) is 5.84. The standard InChI is InChI=1S/C11H18O8/c1-2-17-18-5-3-4-9(12)15-6-8-7-16-10(13)11(14)19-8/h3-4,8,10-11,13-14H,2,5-7H2,1H3/b4-3+. The predicted octanol–water partition coefficient (Wildman–Crippen LogP) is -0.894. The fraction of sp³-hybridized carbons (Fsp3) is 0.727. The van der Waals surface area contributed by atoms with Gasteiger partial charge in [0, 0.05) is 6.08 Å². The van der Waals surface area contributed by atoms with Crippen molar-refractivity contribution in [3.63, 3.8) is 0 Å². The van der Waals surface area contributed by atoms with Gasteiger partial charge in [-0.1, -0.05) is 0 Å². The maximum atomic E-state index is 11.3. The van der Waals surface area contributed by atoms with E-state index in [1.54, 1.807) is 6.92 Å². The van der Waals surface area contributed by atoms with E-state index in [9.17, 15) is 4.79 Å². The van der Waals surface area contributed by atoms with Gasteiger partial charge < -0.3 is 24.4 Å². The lowest BCUT2D eigenvalue weighted by Crippen LogP contribution is -2.45. The normalized spacial score (nSPS) is 27.6. The second kappa shape index (κ2) is 8.97. The van der Waals surface area contributed by atoms with Gasteiger partial charge in [0.15, 0.2) is 0 Å². The Balaban J connectivity index is 2.13. The molecular formula is C11H18O8. The van der Waals surface area contributed by atoms with Crippen molar-refractivity contribution >= 4 is 5.97 Å². The van der Waals surface area contributed by atoms with Gasteiger partial charge in [0.1, 0.15) is 19.3 Å². The lowest BCUT2D eigenvalue weighted by molar-refractivity contribution is -0.318. The van der Waals surface area contributed by atoms with Gasteiger partial charge in [-0.15, -0.1) is 0 Å². The summed E-state index contributed by atoms with van der Waals surface area (Å²) in [6.07, 6.45) is -0.798. The number of aliphatic hydroxyl groups is 2. The van der Waals surface area contributed by atoms with Gasteiger partial charge in [0.05, 0.1) is 13.2 Å². The van der Waals surface area contributed by atoms with Crippen LogP contribution in [0.25, 0.3) is 0 Å². The summed E-state index contributed by atoms with van der Waals surface area (Å²) in [6, 6.07) is 0. The summed E-state index contributed by atoms with van der Waals surface area (Å²) >= 11 is 0. The van der Waals surface area contributed by atoms with Crippen molar-refractivity contribution < 1.29 is 39.0 Å². The van der Waals surface area contributed by atoms with E-state index in [0.29, 0.717) is 6.61 Å². The number of hydrogen-bond acceptors (Lipinski definition) is 8. The van der Waals surface area contributed by atoms with Crippen LogP contribution in [0.15, 0.2) is 12.2 Å². The molecule has 1 rings (SSSR count). The third kappa shape index (κ3) is 6.62. The molecule has 3 unspecified atom stereocenters. The third-order valence-electron chi connectivity index (χ3n) is 2.06. The summed E-state index contributed by atoms with van der Waals surface area (Å²) in [4.78, 5) is 20.5. The Labute approximate surface area is 110 Å². The minimum atomic E-state index is -1.44. The number of ether oxygens (including phenoxy) is 3. The SMILES string of the molecule is CCOOC/C=C/C(=O)OCC1COC(O)C(O)O1. The van der Waals surface area contributed by atoms with E-state index in [-0.39, 0.29) is 19.8 Å². The second-order valence-corrected chi connectivity index (χ2v) is 3.60. The lowest BCUT2D eigenvalue weighted by Gasteiger charge is -2.30. The van der Waals surface area contributed by atoms with E-state index in [1.807, 2.05) is 0 Å². The molecule has 8 heteroatoms. The topological polar surface area (TPSA) is 104 Å². The van der Waals surface area contributed by atoms with Gasteiger partial charge in [-0.25, -0.2) is 14.6 Å².